The van der Waals surface area contributed by atoms with Gasteiger partial charge in [-0.2, -0.15) is 0 Å². The van der Waals surface area contributed by atoms with Crippen LogP contribution in [0.15, 0.2) is 54.6 Å². The molecular formula is C22H29NO2. The van der Waals surface area contributed by atoms with E-state index >= 15 is 0 Å². The molecule has 0 aromatic heterocycles. The quantitative estimate of drug-likeness (QED) is 0.708. The molecule has 0 heterocycles. The fraction of sp³-hybridized carbons (Fsp3) is 0.455. The van der Waals surface area contributed by atoms with Crippen molar-refractivity contribution < 1.29 is 10.2 Å². The van der Waals surface area contributed by atoms with E-state index in [1.165, 1.54) is 24.8 Å². The molecule has 3 rings (SSSR count). The Morgan fingerprint density at radius 2 is 1.60 bits per heavy atom. The third-order valence-corrected chi connectivity index (χ3v) is 5.37. The van der Waals surface area contributed by atoms with Gasteiger partial charge in [0.2, 0.25) is 0 Å². The lowest BCUT2D eigenvalue weighted by molar-refractivity contribution is 0.0490. The molecule has 0 bridgehead atoms. The van der Waals surface area contributed by atoms with E-state index in [0.29, 0.717) is 5.92 Å². The second-order valence-corrected chi connectivity index (χ2v) is 7.11. The number of phenols is 1. The van der Waals surface area contributed by atoms with E-state index < -0.39 is 6.10 Å². The third-order valence-electron chi connectivity index (χ3n) is 5.37. The molecule has 25 heavy (non-hydrogen) atoms. The summed E-state index contributed by atoms with van der Waals surface area (Å²) in [6.45, 7) is 0.771. The number of rotatable bonds is 7. The maximum atomic E-state index is 11.0. The molecule has 0 spiro atoms. The van der Waals surface area contributed by atoms with Gasteiger partial charge >= 0.3 is 0 Å². The average molecular weight is 339 g/mol. The third kappa shape index (κ3) is 4.83. The molecule has 1 aliphatic carbocycles. The lowest BCUT2D eigenvalue weighted by Gasteiger charge is -2.33. The van der Waals surface area contributed by atoms with Crippen LogP contribution in [0.2, 0.25) is 0 Å². The Labute approximate surface area is 150 Å². The van der Waals surface area contributed by atoms with Gasteiger partial charge in [0.25, 0.3) is 0 Å². The molecule has 0 saturated heterocycles. The zero-order chi connectivity index (χ0) is 17.5. The molecule has 134 valence electrons. The normalized spacial score (nSPS) is 18.0. The fourth-order valence-electron chi connectivity index (χ4n) is 3.93. The first-order chi connectivity index (χ1) is 12.3. The van der Waals surface area contributed by atoms with Gasteiger partial charge in [0.05, 0.1) is 12.1 Å². The van der Waals surface area contributed by atoms with Crippen molar-refractivity contribution in [1.82, 2.24) is 5.32 Å². The lowest BCUT2D eigenvalue weighted by Crippen LogP contribution is -2.38. The highest BCUT2D eigenvalue weighted by atomic mass is 16.3. The summed E-state index contributed by atoms with van der Waals surface area (Å²) >= 11 is 0. The molecule has 3 nitrogen and oxygen atoms in total. The van der Waals surface area contributed by atoms with E-state index in [9.17, 15) is 10.2 Å². The summed E-state index contributed by atoms with van der Waals surface area (Å²) in [5.41, 5.74) is 2.08. The Morgan fingerprint density at radius 1 is 0.920 bits per heavy atom. The van der Waals surface area contributed by atoms with E-state index in [2.05, 4.69) is 17.4 Å². The zero-order valence-electron chi connectivity index (χ0n) is 14.8. The molecule has 1 fully saturated rings. The number of phenolic OH excluding ortho intramolecular Hbond substituents is 1. The predicted molar refractivity (Wildman–Crippen MR) is 102 cm³/mol. The molecule has 3 heteroatoms. The van der Waals surface area contributed by atoms with Gasteiger partial charge in [-0.05, 0) is 43.4 Å². The van der Waals surface area contributed by atoms with Gasteiger partial charge < -0.3 is 15.5 Å². The van der Waals surface area contributed by atoms with Crippen molar-refractivity contribution in [1.29, 1.82) is 0 Å². The van der Waals surface area contributed by atoms with Crippen LogP contribution < -0.4 is 5.32 Å². The van der Waals surface area contributed by atoms with E-state index in [-0.39, 0.29) is 11.8 Å². The standard InChI is InChI=1S/C22H29NO2/c24-20-14-8-7-13-19(20)21(22(25)18-11-5-2-6-12-18)23-16-15-17-9-3-1-4-10-17/h1,3-4,7-10,13-14,18,21-25H,2,5-6,11-12,15-16H2. The number of hydrogen-bond donors (Lipinski definition) is 3. The molecular weight excluding hydrogens is 310 g/mol. The Kier molecular flexibility index (Phi) is 6.48. The summed E-state index contributed by atoms with van der Waals surface area (Å²) < 4.78 is 0. The molecule has 2 aromatic carbocycles. The molecule has 1 aliphatic rings. The van der Waals surface area contributed by atoms with Crippen molar-refractivity contribution in [3.8, 4) is 5.75 Å². The first-order valence-corrected chi connectivity index (χ1v) is 9.49. The van der Waals surface area contributed by atoms with E-state index in [0.717, 1.165) is 31.4 Å². The van der Waals surface area contributed by atoms with Crippen LogP contribution in [0.3, 0.4) is 0 Å². The van der Waals surface area contributed by atoms with Crippen LogP contribution in [0.5, 0.6) is 5.75 Å². The Balaban J connectivity index is 1.71. The van der Waals surface area contributed by atoms with E-state index in [4.69, 9.17) is 0 Å². The molecule has 0 amide bonds. The van der Waals surface area contributed by atoms with Crippen molar-refractivity contribution in [2.24, 2.45) is 5.92 Å². The van der Waals surface area contributed by atoms with E-state index in [1.54, 1.807) is 6.07 Å². The molecule has 3 N–H and O–H groups in total. The fourth-order valence-corrected chi connectivity index (χ4v) is 3.93. The Morgan fingerprint density at radius 3 is 2.32 bits per heavy atom. The SMILES string of the molecule is Oc1ccccc1C(NCCc1ccccc1)C(O)C1CCCCC1. The van der Waals surface area contributed by atoms with Crippen LogP contribution in [-0.2, 0) is 6.42 Å². The number of hydrogen-bond acceptors (Lipinski definition) is 3. The summed E-state index contributed by atoms with van der Waals surface area (Å²) in [7, 11) is 0. The summed E-state index contributed by atoms with van der Waals surface area (Å²) in [6.07, 6.45) is 6.24. The zero-order valence-corrected chi connectivity index (χ0v) is 14.8. The first kappa shape index (κ1) is 18.0. The van der Waals surface area contributed by atoms with Crippen molar-refractivity contribution in [3.63, 3.8) is 0 Å². The summed E-state index contributed by atoms with van der Waals surface area (Å²) in [5.74, 6) is 0.567. The van der Waals surface area contributed by atoms with Gasteiger partial charge in [-0.25, -0.2) is 0 Å². The minimum Gasteiger partial charge on any atom is -0.508 e. The van der Waals surface area contributed by atoms with E-state index in [1.807, 2.05) is 36.4 Å². The number of aromatic hydroxyl groups is 1. The first-order valence-electron chi connectivity index (χ1n) is 9.49. The highest BCUT2D eigenvalue weighted by Gasteiger charge is 2.30. The minimum absolute atomic E-state index is 0.229. The lowest BCUT2D eigenvalue weighted by atomic mass is 9.81. The number of benzene rings is 2. The second-order valence-electron chi connectivity index (χ2n) is 7.11. The predicted octanol–water partition coefficient (Wildman–Crippen LogP) is 4.21. The van der Waals surface area contributed by atoms with Gasteiger partial charge in [-0.1, -0.05) is 67.8 Å². The molecule has 2 aromatic rings. The topological polar surface area (TPSA) is 52.5 Å². The molecule has 2 unspecified atom stereocenters. The number of nitrogens with one attached hydrogen (secondary N) is 1. The monoisotopic (exact) mass is 339 g/mol. The van der Waals surface area contributed by atoms with Crippen LogP contribution in [-0.4, -0.2) is 22.9 Å². The van der Waals surface area contributed by atoms with Crippen LogP contribution in [0, 0.1) is 5.92 Å². The van der Waals surface area contributed by atoms with Crippen molar-refractivity contribution in [3.05, 3.63) is 65.7 Å². The number of para-hydroxylation sites is 1. The Hall–Kier alpha value is -1.84. The van der Waals surface area contributed by atoms with Gasteiger partial charge in [-0.15, -0.1) is 0 Å². The number of aliphatic hydroxyl groups is 1. The van der Waals surface area contributed by atoms with Gasteiger partial charge in [0.1, 0.15) is 5.75 Å². The Bertz CT molecular complexity index is 637. The minimum atomic E-state index is -0.468. The largest absolute Gasteiger partial charge is 0.508 e. The van der Waals surface area contributed by atoms with Gasteiger partial charge in [-0.3, -0.25) is 0 Å². The highest BCUT2D eigenvalue weighted by molar-refractivity contribution is 5.35. The molecule has 2 atom stereocenters. The smallest absolute Gasteiger partial charge is 0.120 e. The summed E-state index contributed by atoms with van der Waals surface area (Å²) in [5, 5.41) is 24.8. The van der Waals surface area contributed by atoms with Crippen molar-refractivity contribution in [2.45, 2.75) is 50.7 Å². The van der Waals surface area contributed by atoms with Gasteiger partial charge in [0, 0.05) is 5.56 Å². The van der Waals surface area contributed by atoms with Crippen LogP contribution in [0.25, 0.3) is 0 Å². The summed E-state index contributed by atoms with van der Waals surface area (Å²) in [6, 6.07) is 17.5. The van der Waals surface area contributed by atoms with Crippen LogP contribution >= 0.6 is 0 Å². The molecule has 1 saturated carbocycles. The highest BCUT2D eigenvalue weighted by Crippen LogP contribution is 2.35. The van der Waals surface area contributed by atoms with Gasteiger partial charge in [0.15, 0.2) is 0 Å². The molecule has 0 radical (unpaired) electrons. The van der Waals surface area contributed by atoms with Crippen LogP contribution in [0.1, 0.15) is 49.3 Å². The summed E-state index contributed by atoms with van der Waals surface area (Å²) in [4.78, 5) is 0. The molecule has 0 aliphatic heterocycles. The maximum absolute atomic E-state index is 11.0. The van der Waals surface area contributed by atoms with Crippen molar-refractivity contribution in [2.75, 3.05) is 6.54 Å². The van der Waals surface area contributed by atoms with Crippen molar-refractivity contribution >= 4 is 0 Å². The maximum Gasteiger partial charge on any atom is 0.120 e. The average Bonchev–Trinajstić information content (AvgIpc) is 2.67. The van der Waals surface area contributed by atoms with Crippen LogP contribution in [0.4, 0.5) is 0 Å². The second kappa shape index (κ2) is 9.02. The number of aliphatic hydroxyl groups excluding tert-OH is 1.